The predicted molar refractivity (Wildman–Crippen MR) is 231 cm³/mol. The highest BCUT2D eigenvalue weighted by atomic mass is 16.3. The maximum Gasteiger partial charge on any atom is 0.143 e. The molecule has 0 aliphatic heterocycles. The van der Waals surface area contributed by atoms with E-state index in [1.165, 1.54) is 43.9 Å². The van der Waals surface area contributed by atoms with Gasteiger partial charge in [0.05, 0.1) is 22.1 Å². The molecule has 0 unspecified atom stereocenters. The van der Waals surface area contributed by atoms with E-state index >= 15 is 0 Å². The third kappa shape index (κ3) is 5.13. The summed E-state index contributed by atoms with van der Waals surface area (Å²) in [5, 5.41) is 7.01. The summed E-state index contributed by atoms with van der Waals surface area (Å²) in [6.07, 6.45) is 0. The van der Waals surface area contributed by atoms with Crippen LogP contribution in [0.5, 0.6) is 0 Å². The van der Waals surface area contributed by atoms with Crippen LogP contribution in [0.3, 0.4) is 0 Å². The summed E-state index contributed by atoms with van der Waals surface area (Å²) >= 11 is 0. The zero-order chi connectivity index (χ0) is 36.3. The number of nitrogens with zero attached hydrogens (tertiary/aromatic N) is 2. The normalized spacial score (nSPS) is 11.6. The molecule has 55 heavy (non-hydrogen) atoms. The van der Waals surface area contributed by atoms with Crippen molar-refractivity contribution in [1.82, 2.24) is 4.57 Å². The highest BCUT2D eigenvalue weighted by molar-refractivity contribution is 6.19. The summed E-state index contributed by atoms with van der Waals surface area (Å²) in [6, 6.07) is 73.8. The van der Waals surface area contributed by atoms with Gasteiger partial charge in [-0.2, -0.15) is 0 Å². The highest BCUT2D eigenvalue weighted by Gasteiger charge is 2.21. The van der Waals surface area contributed by atoms with E-state index in [1.54, 1.807) is 0 Å². The number of hydrogen-bond donors (Lipinski definition) is 0. The van der Waals surface area contributed by atoms with Gasteiger partial charge in [-0.15, -0.1) is 0 Å². The molecule has 0 saturated heterocycles. The van der Waals surface area contributed by atoms with Crippen molar-refractivity contribution in [2.45, 2.75) is 0 Å². The first-order chi connectivity index (χ1) is 27.3. The number of anilines is 3. The lowest BCUT2D eigenvalue weighted by Gasteiger charge is -2.26. The third-order valence-corrected chi connectivity index (χ3v) is 11.0. The molecule has 0 amide bonds. The molecule has 0 saturated carbocycles. The molecule has 0 fully saturated rings. The van der Waals surface area contributed by atoms with Crippen LogP contribution in [0.1, 0.15) is 0 Å². The molecule has 3 nitrogen and oxygen atoms in total. The van der Waals surface area contributed by atoms with Gasteiger partial charge in [0.15, 0.2) is 0 Å². The Labute approximate surface area is 318 Å². The quantitative estimate of drug-likeness (QED) is 0.172. The van der Waals surface area contributed by atoms with Gasteiger partial charge < -0.3 is 13.9 Å². The maximum atomic E-state index is 6.65. The van der Waals surface area contributed by atoms with Crippen molar-refractivity contribution in [1.29, 1.82) is 0 Å². The van der Waals surface area contributed by atoms with Gasteiger partial charge in [0, 0.05) is 38.6 Å². The summed E-state index contributed by atoms with van der Waals surface area (Å²) in [5.74, 6) is 0. The average Bonchev–Trinajstić information content (AvgIpc) is 3.82. The van der Waals surface area contributed by atoms with E-state index in [0.717, 1.165) is 55.6 Å². The number of aromatic nitrogens is 1. The van der Waals surface area contributed by atoms with Crippen LogP contribution in [-0.2, 0) is 0 Å². The minimum atomic E-state index is 0.869. The Kier molecular flexibility index (Phi) is 7.17. The first-order valence-corrected chi connectivity index (χ1v) is 18.8. The van der Waals surface area contributed by atoms with Crippen molar-refractivity contribution in [3.63, 3.8) is 0 Å². The first kappa shape index (κ1) is 31.2. The summed E-state index contributed by atoms with van der Waals surface area (Å²) in [5.41, 5.74) is 13.3. The van der Waals surface area contributed by atoms with E-state index in [2.05, 4.69) is 216 Å². The van der Waals surface area contributed by atoms with E-state index in [1.807, 2.05) is 0 Å². The SMILES string of the molecule is c1ccc(-c2ccc(N(c3ccc(-c4cccc(-n5c6ccccc6c6ccccc65)c4)cc3)c3cccc4oc5c6ccccc6ccc5c34)cc2)cc1. The molecule has 0 aliphatic rings. The molecule has 9 aromatic carbocycles. The second kappa shape index (κ2) is 12.6. The Morgan fingerprint density at radius 1 is 0.382 bits per heavy atom. The van der Waals surface area contributed by atoms with E-state index in [4.69, 9.17) is 4.42 Å². The van der Waals surface area contributed by atoms with Crippen LogP contribution in [0.25, 0.3) is 82.5 Å². The Morgan fingerprint density at radius 3 is 1.65 bits per heavy atom. The molecular formula is C52H34N2O. The van der Waals surface area contributed by atoms with E-state index in [-0.39, 0.29) is 0 Å². The van der Waals surface area contributed by atoms with Gasteiger partial charge in [-0.05, 0) is 94.4 Å². The lowest BCUT2D eigenvalue weighted by Crippen LogP contribution is -2.10. The minimum absolute atomic E-state index is 0.869. The molecule has 0 spiro atoms. The lowest BCUT2D eigenvalue weighted by atomic mass is 10.0. The summed E-state index contributed by atoms with van der Waals surface area (Å²) in [7, 11) is 0. The van der Waals surface area contributed by atoms with Gasteiger partial charge in [0.1, 0.15) is 11.2 Å². The largest absolute Gasteiger partial charge is 0.455 e. The molecule has 11 aromatic rings. The number of para-hydroxylation sites is 2. The van der Waals surface area contributed by atoms with Crippen molar-refractivity contribution in [3.05, 3.63) is 206 Å². The maximum absolute atomic E-state index is 6.65. The average molecular weight is 703 g/mol. The molecule has 11 rings (SSSR count). The molecule has 0 bridgehead atoms. The third-order valence-electron chi connectivity index (χ3n) is 11.0. The Balaban J connectivity index is 1.05. The number of rotatable bonds is 6. The smallest absolute Gasteiger partial charge is 0.143 e. The fourth-order valence-corrected chi connectivity index (χ4v) is 8.41. The number of benzene rings is 9. The fourth-order valence-electron chi connectivity index (χ4n) is 8.41. The molecule has 0 atom stereocenters. The van der Waals surface area contributed by atoms with Gasteiger partial charge in [0.2, 0.25) is 0 Å². The van der Waals surface area contributed by atoms with E-state index < -0.39 is 0 Å². The standard InChI is InChI=1S/C52H34N2O/c1-2-12-35(13-3-1)36-24-29-40(30-25-36)53(49-22-11-23-50-51(49)46-33-28-38-14-4-5-17-43(38)52(46)55-50)41-31-26-37(27-32-41)39-15-10-16-42(34-39)54-47-20-8-6-18-44(47)45-19-7-9-21-48(45)54/h1-34H. The second-order valence-electron chi connectivity index (χ2n) is 14.1. The number of hydrogen-bond acceptors (Lipinski definition) is 2. The molecular weight excluding hydrogens is 669 g/mol. The molecule has 0 radical (unpaired) electrons. The Hall–Kier alpha value is -7.36. The van der Waals surface area contributed by atoms with Crippen LogP contribution >= 0.6 is 0 Å². The van der Waals surface area contributed by atoms with Crippen molar-refractivity contribution in [2.24, 2.45) is 0 Å². The Bertz CT molecular complexity index is 3140. The fraction of sp³-hybridized carbons (Fsp3) is 0. The van der Waals surface area contributed by atoms with Gasteiger partial charge in [-0.3, -0.25) is 0 Å². The van der Waals surface area contributed by atoms with E-state index in [9.17, 15) is 0 Å². The minimum Gasteiger partial charge on any atom is -0.455 e. The highest BCUT2D eigenvalue weighted by Crippen LogP contribution is 2.45. The molecule has 2 aromatic heterocycles. The molecule has 258 valence electrons. The zero-order valence-electron chi connectivity index (χ0n) is 29.9. The van der Waals surface area contributed by atoms with E-state index in [0.29, 0.717) is 0 Å². The molecule has 3 heteroatoms. The van der Waals surface area contributed by atoms with Gasteiger partial charge >= 0.3 is 0 Å². The topological polar surface area (TPSA) is 21.3 Å². The number of furan rings is 1. The second-order valence-corrected chi connectivity index (χ2v) is 14.1. The predicted octanol–water partition coefficient (Wildman–Crippen LogP) is 14.6. The van der Waals surface area contributed by atoms with Gasteiger partial charge in [-0.1, -0.05) is 140 Å². The van der Waals surface area contributed by atoms with Crippen molar-refractivity contribution in [3.8, 4) is 27.9 Å². The molecule has 2 heterocycles. The van der Waals surface area contributed by atoms with Crippen molar-refractivity contribution >= 4 is 71.6 Å². The van der Waals surface area contributed by atoms with Crippen LogP contribution in [-0.4, -0.2) is 4.57 Å². The number of fused-ring (bicyclic) bond motifs is 8. The molecule has 0 N–H and O–H groups in total. The summed E-state index contributed by atoms with van der Waals surface area (Å²) < 4.78 is 9.03. The zero-order valence-corrected chi connectivity index (χ0v) is 29.9. The lowest BCUT2D eigenvalue weighted by molar-refractivity contribution is 0.672. The van der Waals surface area contributed by atoms with Crippen molar-refractivity contribution < 1.29 is 4.42 Å². The monoisotopic (exact) mass is 702 g/mol. The molecule has 0 aliphatic carbocycles. The van der Waals surface area contributed by atoms with Gasteiger partial charge in [0.25, 0.3) is 0 Å². The van der Waals surface area contributed by atoms with Crippen molar-refractivity contribution in [2.75, 3.05) is 4.90 Å². The Morgan fingerprint density at radius 2 is 0.945 bits per heavy atom. The van der Waals surface area contributed by atoms with Crippen LogP contribution < -0.4 is 4.90 Å². The first-order valence-electron chi connectivity index (χ1n) is 18.8. The van der Waals surface area contributed by atoms with Crippen LogP contribution in [0, 0.1) is 0 Å². The van der Waals surface area contributed by atoms with Gasteiger partial charge in [-0.25, -0.2) is 0 Å². The summed E-state index contributed by atoms with van der Waals surface area (Å²) in [6.45, 7) is 0. The summed E-state index contributed by atoms with van der Waals surface area (Å²) in [4.78, 5) is 2.36. The van der Waals surface area contributed by atoms with Crippen LogP contribution in [0.15, 0.2) is 211 Å². The van der Waals surface area contributed by atoms with Crippen LogP contribution in [0.2, 0.25) is 0 Å². The van der Waals surface area contributed by atoms with Crippen LogP contribution in [0.4, 0.5) is 17.1 Å².